The van der Waals surface area contributed by atoms with E-state index in [4.69, 9.17) is 5.11 Å². The zero-order valence-electron chi connectivity index (χ0n) is 8.34. The first kappa shape index (κ1) is 10.4. The lowest BCUT2D eigenvalue weighted by Gasteiger charge is -2.04. The predicted octanol–water partition coefficient (Wildman–Crippen LogP) is 1.20. The Kier molecular flexibility index (Phi) is 3.40. The van der Waals surface area contributed by atoms with Crippen molar-refractivity contribution in [2.45, 2.75) is 5.92 Å². The molecule has 0 heterocycles. The molecule has 0 fully saturated rings. The maximum atomic E-state index is 11.0. The molecule has 0 aliphatic heterocycles. The van der Waals surface area contributed by atoms with Gasteiger partial charge in [0.2, 0.25) is 0 Å². The summed E-state index contributed by atoms with van der Waals surface area (Å²) in [4.78, 5) is 11.0. The minimum Gasteiger partial charge on any atom is -0.480 e. The summed E-state index contributed by atoms with van der Waals surface area (Å²) in [5.74, 6) is -1.39. The molecule has 0 spiro atoms. The van der Waals surface area contributed by atoms with Gasteiger partial charge in [-0.25, -0.2) is 4.58 Å². The Morgan fingerprint density at radius 3 is 2.36 bits per heavy atom. The van der Waals surface area contributed by atoms with Crippen molar-refractivity contribution in [1.82, 2.24) is 0 Å². The van der Waals surface area contributed by atoms with E-state index >= 15 is 0 Å². The molecular weight excluding hydrogens is 178 g/mol. The molecule has 1 aromatic carbocycles. The van der Waals surface area contributed by atoms with Crippen molar-refractivity contribution in [2.75, 3.05) is 14.1 Å². The van der Waals surface area contributed by atoms with E-state index < -0.39 is 11.9 Å². The summed E-state index contributed by atoms with van der Waals surface area (Å²) >= 11 is 0. The third-order valence-corrected chi connectivity index (χ3v) is 1.87. The molecule has 0 radical (unpaired) electrons. The molecule has 0 saturated heterocycles. The number of hydrogen-bond acceptors (Lipinski definition) is 1. The van der Waals surface area contributed by atoms with E-state index in [0.717, 1.165) is 5.56 Å². The lowest BCUT2D eigenvalue weighted by molar-refractivity contribution is -0.460. The van der Waals surface area contributed by atoms with E-state index in [1.165, 1.54) is 0 Å². The van der Waals surface area contributed by atoms with Crippen LogP contribution in [0.2, 0.25) is 0 Å². The molecular formula is C11H14NO2+. The van der Waals surface area contributed by atoms with Gasteiger partial charge < -0.3 is 5.11 Å². The molecule has 0 amide bonds. The van der Waals surface area contributed by atoms with E-state index in [1.54, 1.807) is 10.8 Å². The van der Waals surface area contributed by atoms with Crippen molar-refractivity contribution in [3.05, 3.63) is 35.9 Å². The van der Waals surface area contributed by atoms with Crippen LogP contribution in [0.4, 0.5) is 0 Å². The number of hydrogen-bond donors (Lipinski definition) is 1. The average Bonchev–Trinajstić information content (AvgIpc) is 2.15. The van der Waals surface area contributed by atoms with Crippen LogP contribution in [0, 0.1) is 0 Å². The Morgan fingerprint density at radius 1 is 1.36 bits per heavy atom. The summed E-state index contributed by atoms with van der Waals surface area (Å²) in [5, 5.41) is 9.02. The van der Waals surface area contributed by atoms with Crippen LogP contribution < -0.4 is 0 Å². The number of nitrogens with zero attached hydrogens (tertiary/aromatic N) is 1. The van der Waals surface area contributed by atoms with Crippen LogP contribution in [0.1, 0.15) is 11.5 Å². The first-order valence-corrected chi connectivity index (χ1v) is 4.40. The van der Waals surface area contributed by atoms with Crippen LogP contribution in [0.5, 0.6) is 0 Å². The van der Waals surface area contributed by atoms with E-state index in [0.29, 0.717) is 0 Å². The number of aliphatic carboxylic acids is 1. The molecule has 3 nitrogen and oxygen atoms in total. The predicted molar refractivity (Wildman–Crippen MR) is 55.0 cm³/mol. The SMILES string of the molecule is C[N+](C)=CC(C(=O)O)c1ccccc1. The van der Waals surface area contributed by atoms with Gasteiger partial charge in [-0.05, 0) is 5.56 Å². The summed E-state index contributed by atoms with van der Waals surface area (Å²) in [6.45, 7) is 0. The van der Waals surface area contributed by atoms with Gasteiger partial charge in [-0.3, -0.25) is 4.79 Å². The van der Waals surface area contributed by atoms with Crippen molar-refractivity contribution in [2.24, 2.45) is 0 Å². The van der Waals surface area contributed by atoms with Crippen molar-refractivity contribution >= 4 is 12.2 Å². The molecule has 0 aromatic heterocycles. The highest BCUT2D eigenvalue weighted by Crippen LogP contribution is 2.12. The highest BCUT2D eigenvalue weighted by atomic mass is 16.4. The van der Waals surface area contributed by atoms with Crippen molar-refractivity contribution < 1.29 is 14.5 Å². The minimum atomic E-state index is -0.829. The monoisotopic (exact) mass is 192 g/mol. The third-order valence-electron chi connectivity index (χ3n) is 1.87. The maximum absolute atomic E-state index is 11.0. The van der Waals surface area contributed by atoms with Crippen LogP contribution in [0.3, 0.4) is 0 Å². The lowest BCUT2D eigenvalue weighted by Crippen LogP contribution is -2.17. The first-order valence-electron chi connectivity index (χ1n) is 4.40. The van der Waals surface area contributed by atoms with Crippen LogP contribution in [-0.2, 0) is 4.79 Å². The second-order valence-corrected chi connectivity index (χ2v) is 3.34. The van der Waals surface area contributed by atoms with Crippen LogP contribution >= 0.6 is 0 Å². The molecule has 1 rings (SSSR count). The highest BCUT2D eigenvalue weighted by Gasteiger charge is 2.20. The summed E-state index contributed by atoms with van der Waals surface area (Å²) in [6, 6.07) is 9.19. The van der Waals surface area contributed by atoms with Gasteiger partial charge in [0.15, 0.2) is 12.1 Å². The van der Waals surface area contributed by atoms with Crippen LogP contribution in [-0.4, -0.2) is 36.0 Å². The normalized spacial score (nSPS) is 11.9. The first-order chi connectivity index (χ1) is 6.61. The Hall–Kier alpha value is -1.64. The third kappa shape index (κ3) is 2.69. The highest BCUT2D eigenvalue weighted by molar-refractivity contribution is 5.93. The number of rotatable bonds is 3. The topological polar surface area (TPSA) is 40.3 Å². The van der Waals surface area contributed by atoms with Crippen molar-refractivity contribution in [3.63, 3.8) is 0 Å². The summed E-state index contributed by atoms with van der Waals surface area (Å²) < 4.78 is 1.76. The van der Waals surface area contributed by atoms with Gasteiger partial charge in [0.25, 0.3) is 0 Å². The number of carboxylic acids is 1. The van der Waals surface area contributed by atoms with Gasteiger partial charge in [0, 0.05) is 0 Å². The van der Waals surface area contributed by atoms with Gasteiger partial charge in [-0.15, -0.1) is 0 Å². The van der Waals surface area contributed by atoms with Gasteiger partial charge >= 0.3 is 5.97 Å². The quantitative estimate of drug-likeness (QED) is 0.577. The smallest absolute Gasteiger partial charge is 0.321 e. The standard InChI is InChI=1S/C11H13NO2/c1-12(2)8-10(11(13)14)9-6-4-3-5-7-9/h3-8,10H,1-2H3/p+1. The second-order valence-electron chi connectivity index (χ2n) is 3.34. The molecule has 3 heteroatoms. The van der Waals surface area contributed by atoms with Gasteiger partial charge in [0.1, 0.15) is 14.1 Å². The van der Waals surface area contributed by atoms with Crippen molar-refractivity contribution in [1.29, 1.82) is 0 Å². The molecule has 0 aliphatic rings. The Balaban J connectivity index is 3.01. The molecule has 74 valence electrons. The Labute approximate surface area is 83.3 Å². The van der Waals surface area contributed by atoms with Gasteiger partial charge in [-0.2, -0.15) is 0 Å². The van der Waals surface area contributed by atoms with Crippen LogP contribution in [0.25, 0.3) is 0 Å². The fraction of sp³-hybridized carbons (Fsp3) is 0.273. The van der Waals surface area contributed by atoms with E-state index in [2.05, 4.69) is 0 Å². The summed E-state index contributed by atoms with van der Waals surface area (Å²) in [5.41, 5.74) is 0.800. The number of carbonyl (C=O) groups is 1. The van der Waals surface area contributed by atoms with Crippen LogP contribution in [0.15, 0.2) is 30.3 Å². The molecule has 1 aromatic rings. The fourth-order valence-corrected chi connectivity index (χ4v) is 1.25. The summed E-state index contributed by atoms with van der Waals surface area (Å²) in [7, 11) is 3.64. The van der Waals surface area contributed by atoms with E-state index in [1.807, 2.05) is 44.4 Å². The fourth-order valence-electron chi connectivity index (χ4n) is 1.25. The molecule has 0 saturated carbocycles. The molecule has 1 atom stereocenters. The van der Waals surface area contributed by atoms with E-state index in [-0.39, 0.29) is 0 Å². The van der Waals surface area contributed by atoms with Crippen molar-refractivity contribution in [3.8, 4) is 0 Å². The average molecular weight is 192 g/mol. The lowest BCUT2D eigenvalue weighted by atomic mass is 10.0. The number of carboxylic acid groups (broad SMARTS) is 1. The largest absolute Gasteiger partial charge is 0.480 e. The van der Waals surface area contributed by atoms with Gasteiger partial charge in [0.05, 0.1) is 0 Å². The minimum absolute atomic E-state index is 0.564. The zero-order valence-corrected chi connectivity index (χ0v) is 8.34. The Bertz CT molecular complexity index is 340. The summed E-state index contributed by atoms with van der Waals surface area (Å²) in [6.07, 6.45) is 1.68. The molecule has 1 N–H and O–H groups in total. The Morgan fingerprint density at radius 2 is 1.93 bits per heavy atom. The molecule has 0 bridgehead atoms. The second kappa shape index (κ2) is 4.56. The van der Waals surface area contributed by atoms with E-state index in [9.17, 15) is 4.79 Å². The molecule has 1 unspecified atom stereocenters. The molecule has 0 aliphatic carbocycles. The number of benzene rings is 1. The molecule has 14 heavy (non-hydrogen) atoms. The maximum Gasteiger partial charge on any atom is 0.321 e. The van der Waals surface area contributed by atoms with Gasteiger partial charge in [-0.1, -0.05) is 30.3 Å². The zero-order chi connectivity index (χ0) is 10.6.